The second kappa shape index (κ2) is 11.3. The molecular weight excluding hydrogens is 550 g/mol. The number of aryl methyl sites for hydroxylation is 1. The van der Waals surface area contributed by atoms with E-state index >= 15 is 0 Å². The lowest BCUT2D eigenvalue weighted by Gasteiger charge is -2.11. The standard InChI is InChI=1S/C40H29N5/c1-2-37-41-35-15-9-10-16-36(35)45(37)34-23-21-27(22-24-34)30-17-18-32-26-33(20-19-31(32)25-30)40-43-38(28-11-5-3-6-12-28)42-39(44-40)29-13-7-4-8-14-29/h3-26H,2H2,1H3. The van der Waals surface area contributed by atoms with Crippen LogP contribution in [0.3, 0.4) is 0 Å². The fraction of sp³-hybridized carbons (Fsp3) is 0.0500. The summed E-state index contributed by atoms with van der Waals surface area (Å²) in [7, 11) is 0. The first-order valence-electron chi connectivity index (χ1n) is 15.2. The van der Waals surface area contributed by atoms with Gasteiger partial charge in [0.1, 0.15) is 5.82 Å². The topological polar surface area (TPSA) is 56.5 Å². The number of fused-ring (bicyclic) bond motifs is 2. The summed E-state index contributed by atoms with van der Waals surface area (Å²) >= 11 is 0. The van der Waals surface area contributed by atoms with E-state index in [0.717, 1.165) is 56.4 Å². The van der Waals surface area contributed by atoms with Gasteiger partial charge in [-0.3, -0.25) is 4.57 Å². The Kier molecular flexibility index (Phi) is 6.69. The average molecular weight is 580 g/mol. The lowest BCUT2D eigenvalue weighted by atomic mass is 9.99. The van der Waals surface area contributed by atoms with E-state index in [1.165, 1.54) is 11.1 Å². The third-order valence-corrected chi connectivity index (χ3v) is 8.20. The summed E-state index contributed by atoms with van der Waals surface area (Å²) in [5, 5.41) is 2.29. The normalized spacial score (nSPS) is 11.3. The average Bonchev–Trinajstić information content (AvgIpc) is 3.51. The molecule has 0 spiro atoms. The fourth-order valence-electron chi connectivity index (χ4n) is 5.91. The molecular formula is C40H29N5. The van der Waals surface area contributed by atoms with Crippen LogP contribution < -0.4 is 0 Å². The molecule has 8 rings (SSSR count). The van der Waals surface area contributed by atoms with Gasteiger partial charge in [-0.25, -0.2) is 19.9 Å². The highest BCUT2D eigenvalue weighted by Crippen LogP contribution is 2.31. The van der Waals surface area contributed by atoms with E-state index in [1.54, 1.807) is 0 Å². The number of rotatable bonds is 6. The third kappa shape index (κ3) is 5.04. The second-order valence-electron chi connectivity index (χ2n) is 11.1. The number of hydrogen-bond acceptors (Lipinski definition) is 4. The molecule has 0 aliphatic rings. The van der Waals surface area contributed by atoms with Gasteiger partial charge in [-0.1, -0.05) is 116 Å². The predicted octanol–water partition coefficient (Wildman–Crippen LogP) is 9.59. The Bertz CT molecular complexity index is 2230. The van der Waals surface area contributed by atoms with E-state index in [4.69, 9.17) is 19.9 Å². The van der Waals surface area contributed by atoms with Crippen molar-refractivity contribution in [1.82, 2.24) is 24.5 Å². The monoisotopic (exact) mass is 579 g/mol. The van der Waals surface area contributed by atoms with Gasteiger partial charge in [0.2, 0.25) is 0 Å². The molecule has 214 valence electrons. The van der Waals surface area contributed by atoms with Crippen LogP contribution in [0.4, 0.5) is 0 Å². The first-order valence-corrected chi connectivity index (χ1v) is 15.2. The van der Waals surface area contributed by atoms with Crippen molar-refractivity contribution in [2.24, 2.45) is 0 Å². The van der Waals surface area contributed by atoms with Crippen LogP contribution in [0, 0.1) is 0 Å². The lowest BCUT2D eigenvalue weighted by Crippen LogP contribution is -2.00. The Morgan fingerprint density at radius 3 is 1.58 bits per heavy atom. The van der Waals surface area contributed by atoms with Crippen LogP contribution in [0.1, 0.15) is 12.7 Å². The molecule has 0 aliphatic heterocycles. The van der Waals surface area contributed by atoms with E-state index < -0.39 is 0 Å². The van der Waals surface area contributed by atoms with E-state index in [2.05, 4.69) is 90.4 Å². The number of para-hydroxylation sites is 2. The zero-order valence-corrected chi connectivity index (χ0v) is 24.8. The van der Waals surface area contributed by atoms with Crippen LogP contribution >= 0.6 is 0 Å². The summed E-state index contributed by atoms with van der Waals surface area (Å²) < 4.78 is 2.26. The van der Waals surface area contributed by atoms with Crippen LogP contribution in [-0.4, -0.2) is 24.5 Å². The van der Waals surface area contributed by atoms with Crippen molar-refractivity contribution in [3.8, 4) is 51.0 Å². The summed E-state index contributed by atoms with van der Waals surface area (Å²) in [5.74, 6) is 3.04. The maximum absolute atomic E-state index is 4.90. The largest absolute Gasteiger partial charge is 0.296 e. The summed E-state index contributed by atoms with van der Waals surface area (Å²) in [4.78, 5) is 19.5. The predicted molar refractivity (Wildman–Crippen MR) is 183 cm³/mol. The summed E-state index contributed by atoms with van der Waals surface area (Å²) in [5.41, 5.74) is 8.50. The highest BCUT2D eigenvalue weighted by molar-refractivity contribution is 5.90. The molecule has 0 amide bonds. The molecule has 0 radical (unpaired) electrons. The first kappa shape index (κ1) is 26.7. The number of aromatic nitrogens is 5. The molecule has 0 N–H and O–H groups in total. The summed E-state index contributed by atoms with van der Waals surface area (Å²) in [6.07, 6.45) is 0.870. The maximum atomic E-state index is 4.90. The number of benzene rings is 6. The third-order valence-electron chi connectivity index (χ3n) is 8.20. The molecule has 0 saturated carbocycles. The summed E-state index contributed by atoms with van der Waals surface area (Å²) in [6.45, 7) is 2.15. The minimum atomic E-state index is 0.655. The van der Waals surface area contributed by atoms with Crippen LogP contribution in [0.15, 0.2) is 146 Å². The maximum Gasteiger partial charge on any atom is 0.164 e. The van der Waals surface area contributed by atoms with Crippen LogP contribution in [0.2, 0.25) is 0 Å². The van der Waals surface area contributed by atoms with Crippen LogP contribution in [-0.2, 0) is 6.42 Å². The molecule has 6 aromatic carbocycles. The quantitative estimate of drug-likeness (QED) is 0.197. The molecule has 0 atom stereocenters. The van der Waals surface area contributed by atoms with Gasteiger partial charge >= 0.3 is 0 Å². The van der Waals surface area contributed by atoms with Gasteiger partial charge in [-0.2, -0.15) is 0 Å². The van der Waals surface area contributed by atoms with Gasteiger partial charge in [0.05, 0.1) is 11.0 Å². The van der Waals surface area contributed by atoms with Crippen LogP contribution in [0.25, 0.3) is 72.8 Å². The Balaban J connectivity index is 1.14. The van der Waals surface area contributed by atoms with Gasteiger partial charge in [-0.05, 0) is 58.3 Å². The van der Waals surface area contributed by atoms with Crippen molar-refractivity contribution in [1.29, 1.82) is 0 Å². The number of nitrogens with zero attached hydrogens (tertiary/aromatic N) is 5. The van der Waals surface area contributed by atoms with Crippen molar-refractivity contribution in [3.63, 3.8) is 0 Å². The lowest BCUT2D eigenvalue weighted by molar-refractivity contribution is 0.908. The van der Waals surface area contributed by atoms with Gasteiger partial charge in [0, 0.05) is 28.8 Å². The molecule has 8 aromatic rings. The van der Waals surface area contributed by atoms with E-state index in [-0.39, 0.29) is 0 Å². The minimum absolute atomic E-state index is 0.655. The zero-order chi connectivity index (χ0) is 30.2. The minimum Gasteiger partial charge on any atom is -0.296 e. The van der Waals surface area contributed by atoms with Crippen molar-refractivity contribution in [3.05, 3.63) is 151 Å². The molecule has 0 fully saturated rings. The van der Waals surface area contributed by atoms with Crippen molar-refractivity contribution >= 4 is 21.8 Å². The zero-order valence-electron chi connectivity index (χ0n) is 24.8. The molecule has 2 heterocycles. The first-order chi connectivity index (χ1) is 22.2. The van der Waals surface area contributed by atoms with E-state index in [1.807, 2.05) is 66.7 Å². The highest BCUT2D eigenvalue weighted by Gasteiger charge is 2.14. The van der Waals surface area contributed by atoms with Crippen molar-refractivity contribution < 1.29 is 0 Å². The van der Waals surface area contributed by atoms with Crippen LogP contribution in [0.5, 0.6) is 0 Å². The molecule has 2 aromatic heterocycles. The van der Waals surface area contributed by atoms with Crippen molar-refractivity contribution in [2.75, 3.05) is 0 Å². The Morgan fingerprint density at radius 1 is 0.444 bits per heavy atom. The molecule has 0 aliphatic carbocycles. The SMILES string of the molecule is CCc1nc2ccccc2n1-c1ccc(-c2ccc3cc(-c4nc(-c5ccccc5)nc(-c5ccccc5)n4)ccc3c2)cc1. The smallest absolute Gasteiger partial charge is 0.164 e. The molecule has 5 heteroatoms. The van der Waals surface area contributed by atoms with Gasteiger partial charge in [0.15, 0.2) is 17.5 Å². The molecule has 45 heavy (non-hydrogen) atoms. The van der Waals surface area contributed by atoms with E-state index in [0.29, 0.717) is 17.5 Å². The highest BCUT2D eigenvalue weighted by atomic mass is 15.1. The van der Waals surface area contributed by atoms with Gasteiger partial charge < -0.3 is 0 Å². The fourth-order valence-corrected chi connectivity index (χ4v) is 5.91. The summed E-state index contributed by atoms with van der Waals surface area (Å²) in [6, 6.07) is 50.2. The van der Waals surface area contributed by atoms with Crippen molar-refractivity contribution in [2.45, 2.75) is 13.3 Å². The molecule has 5 nitrogen and oxygen atoms in total. The second-order valence-corrected chi connectivity index (χ2v) is 11.1. The molecule has 0 saturated heterocycles. The Hall–Kier alpha value is -5.94. The van der Waals surface area contributed by atoms with E-state index in [9.17, 15) is 0 Å². The Labute approximate surface area is 261 Å². The Morgan fingerprint density at radius 2 is 0.956 bits per heavy atom. The molecule has 0 bridgehead atoms. The number of imidazole rings is 1. The van der Waals surface area contributed by atoms with Gasteiger partial charge in [0.25, 0.3) is 0 Å². The number of hydrogen-bond donors (Lipinski definition) is 0. The molecule has 0 unspecified atom stereocenters. The van der Waals surface area contributed by atoms with Gasteiger partial charge in [-0.15, -0.1) is 0 Å².